The van der Waals surface area contributed by atoms with Crippen LogP contribution >= 0.6 is 0 Å². The molecule has 2 aromatic carbocycles. The van der Waals surface area contributed by atoms with Crippen LogP contribution in [0.5, 0.6) is 0 Å². The molecule has 0 aliphatic heterocycles. The van der Waals surface area contributed by atoms with Crippen molar-refractivity contribution in [3.05, 3.63) is 71.3 Å². The molecule has 0 spiro atoms. The standard InChI is InChI=1S/C15H14NO/c1-13-7-9-14(10-8-13)11-16-17-12-15-5-3-2-4-6-15/h2-10H,12H2,1H3. The van der Waals surface area contributed by atoms with Gasteiger partial charge in [-0.1, -0.05) is 65.3 Å². The van der Waals surface area contributed by atoms with Gasteiger partial charge in [-0.25, -0.2) is 0 Å². The third-order valence-electron chi connectivity index (χ3n) is 2.36. The molecule has 0 aliphatic rings. The molecule has 0 saturated carbocycles. The smallest absolute Gasteiger partial charge is 0.142 e. The van der Waals surface area contributed by atoms with Gasteiger partial charge in [0, 0.05) is 5.56 Å². The molecule has 0 aromatic heterocycles. The summed E-state index contributed by atoms with van der Waals surface area (Å²) in [6.07, 6.45) is 2.84. The summed E-state index contributed by atoms with van der Waals surface area (Å²) in [5.41, 5.74) is 3.24. The van der Waals surface area contributed by atoms with Crippen molar-refractivity contribution in [2.75, 3.05) is 0 Å². The fourth-order valence-electron chi connectivity index (χ4n) is 1.39. The van der Waals surface area contributed by atoms with Gasteiger partial charge in [0.05, 0.1) is 0 Å². The van der Waals surface area contributed by atoms with Crippen LogP contribution in [0, 0.1) is 6.92 Å². The molecule has 17 heavy (non-hydrogen) atoms. The van der Waals surface area contributed by atoms with Crippen molar-refractivity contribution in [3.63, 3.8) is 0 Å². The van der Waals surface area contributed by atoms with E-state index in [1.807, 2.05) is 61.5 Å². The van der Waals surface area contributed by atoms with Crippen molar-refractivity contribution < 1.29 is 4.84 Å². The van der Waals surface area contributed by atoms with Gasteiger partial charge < -0.3 is 4.84 Å². The second kappa shape index (κ2) is 5.85. The highest BCUT2D eigenvalue weighted by Gasteiger charge is 1.91. The molecule has 0 bridgehead atoms. The first-order valence-electron chi connectivity index (χ1n) is 5.53. The number of aryl methyl sites for hydroxylation is 1. The second-order valence-corrected chi connectivity index (χ2v) is 3.83. The quantitative estimate of drug-likeness (QED) is 0.576. The molecule has 0 atom stereocenters. The van der Waals surface area contributed by atoms with Crippen LogP contribution in [0.1, 0.15) is 16.7 Å². The molecule has 0 aliphatic carbocycles. The van der Waals surface area contributed by atoms with E-state index in [0.717, 1.165) is 11.1 Å². The Morgan fingerprint density at radius 3 is 2.41 bits per heavy atom. The summed E-state index contributed by atoms with van der Waals surface area (Å²) in [6.45, 7) is 2.52. The highest BCUT2D eigenvalue weighted by Crippen LogP contribution is 2.02. The Kier molecular flexibility index (Phi) is 3.92. The lowest BCUT2D eigenvalue weighted by atomic mass is 10.2. The van der Waals surface area contributed by atoms with Crippen molar-refractivity contribution >= 4 is 6.21 Å². The van der Waals surface area contributed by atoms with Crippen molar-refractivity contribution in [1.82, 2.24) is 0 Å². The number of benzene rings is 2. The number of hydrogen-bond donors (Lipinski definition) is 0. The lowest BCUT2D eigenvalue weighted by Crippen LogP contribution is -1.87. The van der Waals surface area contributed by atoms with Crippen LogP contribution in [0.3, 0.4) is 0 Å². The van der Waals surface area contributed by atoms with E-state index in [1.54, 1.807) is 0 Å². The molecule has 2 aromatic rings. The first kappa shape index (κ1) is 11.4. The molecule has 2 nitrogen and oxygen atoms in total. The van der Waals surface area contributed by atoms with Gasteiger partial charge in [0.25, 0.3) is 0 Å². The first-order chi connectivity index (χ1) is 8.34. The van der Waals surface area contributed by atoms with Crippen LogP contribution in [-0.4, -0.2) is 6.21 Å². The Morgan fingerprint density at radius 2 is 1.71 bits per heavy atom. The van der Waals surface area contributed by atoms with E-state index in [9.17, 15) is 0 Å². The Labute approximate surface area is 102 Å². The van der Waals surface area contributed by atoms with Gasteiger partial charge in [0.15, 0.2) is 0 Å². The first-order valence-corrected chi connectivity index (χ1v) is 5.53. The largest absolute Gasteiger partial charge is 0.390 e. The van der Waals surface area contributed by atoms with Crippen molar-refractivity contribution in [2.45, 2.75) is 13.5 Å². The minimum Gasteiger partial charge on any atom is -0.390 e. The predicted molar refractivity (Wildman–Crippen MR) is 68.9 cm³/mol. The molecule has 0 N–H and O–H groups in total. The van der Waals surface area contributed by atoms with Crippen LogP contribution in [0.2, 0.25) is 0 Å². The van der Waals surface area contributed by atoms with E-state index in [2.05, 4.69) is 11.4 Å². The van der Waals surface area contributed by atoms with Gasteiger partial charge >= 0.3 is 0 Å². The molecule has 2 rings (SSSR count). The Balaban J connectivity index is 1.84. The normalized spacial score (nSPS) is 10.6. The van der Waals surface area contributed by atoms with Crippen molar-refractivity contribution in [3.8, 4) is 0 Å². The Bertz CT molecular complexity index is 474. The highest BCUT2D eigenvalue weighted by molar-refractivity contribution is 5.79. The maximum absolute atomic E-state index is 5.17. The number of nitrogens with zero attached hydrogens (tertiary/aromatic N) is 1. The zero-order valence-electron chi connectivity index (χ0n) is 9.76. The minimum absolute atomic E-state index is 0.472. The summed E-state index contributed by atoms with van der Waals surface area (Å²) >= 11 is 0. The van der Waals surface area contributed by atoms with Gasteiger partial charge in [0.1, 0.15) is 12.8 Å². The van der Waals surface area contributed by atoms with Gasteiger partial charge in [0.2, 0.25) is 0 Å². The second-order valence-electron chi connectivity index (χ2n) is 3.83. The maximum Gasteiger partial charge on any atom is 0.142 e. The molecule has 1 radical (unpaired) electrons. The van der Waals surface area contributed by atoms with E-state index in [4.69, 9.17) is 4.84 Å². The molecular formula is C15H14NO. The molecule has 0 saturated heterocycles. The third kappa shape index (κ3) is 3.76. The summed E-state index contributed by atoms with van der Waals surface area (Å²) in [5.74, 6) is 0. The average Bonchev–Trinajstić information content (AvgIpc) is 2.38. The van der Waals surface area contributed by atoms with Crippen LogP contribution in [0.4, 0.5) is 0 Å². The number of rotatable bonds is 4. The monoisotopic (exact) mass is 224 g/mol. The predicted octanol–water partition coefficient (Wildman–Crippen LogP) is 3.42. The van der Waals surface area contributed by atoms with E-state index >= 15 is 0 Å². The molecule has 0 fully saturated rings. The lowest BCUT2D eigenvalue weighted by molar-refractivity contribution is 0.132. The van der Waals surface area contributed by atoms with E-state index in [-0.39, 0.29) is 0 Å². The third-order valence-corrected chi connectivity index (χ3v) is 2.36. The molecular weight excluding hydrogens is 210 g/mol. The van der Waals surface area contributed by atoms with Gasteiger partial charge in [-0.05, 0) is 12.5 Å². The van der Waals surface area contributed by atoms with Crippen LogP contribution < -0.4 is 0 Å². The Hall–Kier alpha value is -2.09. The van der Waals surface area contributed by atoms with Crippen molar-refractivity contribution in [1.29, 1.82) is 0 Å². The Morgan fingerprint density at radius 1 is 1.00 bits per heavy atom. The SMILES string of the molecule is Cc1ccc(/[C]=N\OCc2ccccc2)cc1. The highest BCUT2D eigenvalue weighted by atomic mass is 16.6. The van der Waals surface area contributed by atoms with Crippen LogP contribution in [-0.2, 0) is 11.4 Å². The summed E-state index contributed by atoms with van der Waals surface area (Å²) in [4.78, 5) is 5.17. The summed E-state index contributed by atoms with van der Waals surface area (Å²) in [5, 5.41) is 3.82. The molecule has 85 valence electrons. The van der Waals surface area contributed by atoms with Crippen molar-refractivity contribution in [2.24, 2.45) is 5.16 Å². The molecule has 2 heteroatoms. The average molecular weight is 224 g/mol. The number of hydrogen-bond acceptors (Lipinski definition) is 2. The fourth-order valence-corrected chi connectivity index (χ4v) is 1.39. The molecule has 0 amide bonds. The van der Waals surface area contributed by atoms with E-state index in [0.29, 0.717) is 6.61 Å². The van der Waals surface area contributed by atoms with Gasteiger partial charge in [-0.2, -0.15) is 0 Å². The van der Waals surface area contributed by atoms with Gasteiger partial charge in [-0.3, -0.25) is 0 Å². The summed E-state index contributed by atoms with van der Waals surface area (Å²) in [6, 6.07) is 17.9. The lowest BCUT2D eigenvalue weighted by Gasteiger charge is -1.98. The zero-order chi connectivity index (χ0) is 11.9. The fraction of sp³-hybridized carbons (Fsp3) is 0.133. The topological polar surface area (TPSA) is 21.6 Å². The molecule has 0 heterocycles. The summed E-state index contributed by atoms with van der Waals surface area (Å²) < 4.78 is 0. The van der Waals surface area contributed by atoms with E-state index < -0.39 is 0 Å². The van der Waals surface area contributed by atoms with E-state index in [1.165, 1.54) is 5.56 Å². The minimum atomic E-state index is 0.472. The maximum atomic E-state index is 5.17. The van der Waals surface area contributed by atoms with Crippen LogP contribution in [0.25, 0.3) is 0 Å². The van der Waals surface area contributed by atoms with Crippen LogP contribution in [0.15, 0.2) is 59.8 Å². The summed E-state index contributed by atoms with van der Waals surface area (Å²) in [7, 11) is 0. The van der Waals surface area contributed by atoms with Gasteiger partial charge in [-0.15, -0.1) is 0 Å². The zero-order valence-corrected chi connectivity index (χ0v) is 9.76. The molecule has 0 unspecified atom stereocenters.